The molecule has 1 amide bonds. The minimum absolute atomic E-state index is 0. The molecule has 3 N–H and O–H groups in total. The summed E-state index contributed by atoms with van der Waals surface area (Å²) in [4.78, 5) is 24.7. The first-order valence-corrected chi connectivity index (χ1v) is 10.3. The van der Waals surface area contributed by atoms with Crippen molar-refractivity contribution in [1.29, 1.82) is 0 Å². The van der Waals surface area contributed by atoms with E-state index in [9.17, 15) is 9.59 Å². The van der Waals surface area contributed by atoms with E-state index in [4.69, 9.17) is 11.6 Å². The molecule has 1 aliphatic heterocycles. The number of fused-ring (bicyclic) bond motifs is 1. The number of benzene rings is 2. The van der Waals surface area contributed by atoms with E-state index in [0.717, 1.165) is 41.4 Å². The van der Waals surface area contributed by atoms with E-state index in [0.29, 0.717) is 29.4 Å². The van der Waals surface area contributed by atoms with Crippen molar-refractivity contribution in [3.05, 3.63) is 47.0 Å². The molecule has 4 rings (SSSR count). The van der Waals surface area contributed by atoms with Crippen LogP contribution in [0.5, 0.6) is 0 Å². The summed E-state index contributed by atoms with van der Waals surface area (Å²) in [6.07, 6.45) is 2.31. The number of hydrogen-bond donors (Lipinski definition) is 3. The van der Waals surface area contributed by atoms with Gasteiger partial charge >= 0.3 is 0 Å². The van der Waals surface area contributed by atoms with Crippen molar-refractivity contribution >= 4 is 52.4 Å². The lowest BCUT2D eigenvalue weighted by atomic mass is 9.98. The summed E-state index contributed by atoms with van der Waals surface area (Å²) < 4.78 is 0. The highest BCUT2D eigenvalue weighted by atomic mass is 35.5. The van der Waals surface area contributed by atoms with Crippen LogP contribution >= 0.6 is 24.0 Å². The molecular formula is C22H24Cl2N4O2. The fourth-order valence-electron chi connectivity index (χ4n) is 3.70. The summed E-state index contributed by atoms with van der Waals surface area (Å²) in [6.45, 7) is 3.48. The summed E-state index contributed by atoms with van der Waals surface area (Å²) in [7, 11) is 0. The van der Waals surface area contributed by atoms with Gasteiger partial charge < -0.3 is 10.6 Å². The zero-order chi connectivity index (χ0) is 20.4. The predicted molar refractivity (Wildman–Crippen MR) is 123 cm³/mol. The van der Waals surface area contributed by atoms with Crippen LogP contribution in [0.1, 0.15) is 36.5 Å². The Bertz CT molecular complexity index is 1070. The number of rotatable bonds is 5. The van der Waals surface area contributed by atoms with Crippen molar-refractivity contribution < 1.29 is 9.59 Å². The Labute approximate surface area is 186 Å². The lowest BCUT2D eigenvalue weighted by Crippen LogP contribution is -2.37. The van der Waals surface area contributed by atoms with Crippen LogP contribution in [0.4, 0.5) is 5.82 Å². The van der Waals surface area contributed by atoms with Gasteiger partial charge in [0.2, 0.25) is 5.91 Å². The molecule has 0 saturated carbocycles. The zero-order valence-electron chi connectivity index (χ0n) is 16.6. The minimum atomic E-state index is -0.0511. The van der Waals surface area contributed by atoms with Crippen LogP contribution in [0, 0.1) is 5.92 Å². The molecule has 2 heterocycles. The fourth-order valence-corrected chi connectivity index (χ4v) is 3.92. The number of hydrogen-bond acceptors (Lipinski definition) is 4. The number of piperidine rings is 1. The van der Waals surface area contributed by atoms with Crippen molar-refractivity contribution in [1.82, 2.24) is 15.5 Å². The number of H-pyrrole nitrogens is 1. The number of Topliss-reactive ketones (excluding diaryl/α,β-unsaturated/α-hetero) is 1. The third kappa shape index (κ3) is 4.51. The SMILES string of the molecule is CCC(=O)c1ccc(Cl)c(-c2ccc3[nH]nc(NC(=O)[C@@H]4CCCNC4)c3c2)c1.Cl. The maximum Gasteiger partial charge on any atom is 0.229 e. The highest BCUT2D eigenvalue weighted by molar-refractivity contribution is 6.33. The van der Waals surface area contributed by atoms with Gasteiger partial charge in [0, 0.05) is 34.5 Å². The second-order valence-corrected chi connectivity index (χ2v) is 7.74. The Morgan fingerprint density at radius 2 is 2.07 bits per heavy atom. The van der Waals surface area contributed by atoms with Gasteiger partial charge in [0.25, 0.3) is 0 Å². The molecule has 0 unspecified atom stereocenters. The third-order valence-electron chi connectivity index (χ3n) is 5.39. The number of nitrogens with zero attached hydrogens (tertiary/aromatic N) is 1. The maximum absolute atomic E-state index is 12.6. The molecule has 0 aliphatic carbocycles. The third-order valence-corrected chi connectivity index (χ3v) is 5.72. The molecule has 3 aromatic rings. The first-order chi connectivity index (χ1) is 14.1. The highest BCUT2D eigenvalue weighted by Crippen LogP contribution is 2.33. The average molecular weight is 447 g/mol. The quantitative estimate of drug-likeness (QED) is 0.489. The van der Waals surface area contributed by atoms with E-state index in [-0.39, 0.29) is 30.0 Å². The van der Waals surface area contributed by atoms with Crippen molar-refractivity contribution in [3.8, 4) is 11.1 Å². The van der Waals surface area contributed by atoms with Crippen LogP contribution in [-0.4, -0.2) is 35.0 Å². The van der Waals surface area contributed by atoms with Crippen molar-refractivity contribution in [2.45, 2.75) is 26.2 Å². The molecule has 30 heavy (non-hydrogen) atoms. The van der Waals surface area contributed by atoms with Crippen LogP contribution in [0.2, 0.25) is 5.02 Å². The van der Waals surface area contributed by atoms with Gasteiger partial charge in [-0.15, -0.1) is 12.4 Å². The second kappa shape index (κ2) is 9.60. The van der Waals surface area contributed by atoms with Crippen LogP contribution in [-0.2, 0) is 4.79 Å². The Kier molecular flexibility index (Phi) is 7.13. The van der Waals surface area contributed by atoms with Crippen molar-refractivity contribution in [3.63, 3.8) is 0 Å². The van der Waals surface area contributed by atoms with E-state index in [1.807, 2.05) is 31.2 Å². The standard InChI is InChI=1S/C22H23ClN4O2.ClH/c1-2-20(28)14-5-7-18(23)16(11-14)13-6-8-19-17(10-13)21(27-26-19)25-22(29)15-4-3-9-24-12-15;/h5-8,10-11,15,24H,2-4,9,12H2,1H3,(H2,25,26,27,29);1H/t15-;/m1./s1. The predicted octanol–water partition coefficient (Wildman–Crippen LogP) is 4.84. The lowest BCUT2D eigenvalue weighted by molar-refractivity contribution is -0.120. The minimum Gasteiger partial charge on any atom is -0.316 e. The van der Waals surface area contributed by atoms with Crippen LogP contribution < -0.4 is 10.6 Å². The van der Waals surface area contributed by atoms with E-state index >= 15 is 0 Å². The molecule has 158 valence electrons. The van der Waals surface area contributed by atoms with Crippen LogP contribution in [0.15, 0.2) is 36.4 Å². The molecule has 1 atom stereocenters. The summed E-state index contributed by atoms with van der Waals surface area (Å²) in [6, 6.07) is 11.1. The molecule has 6 nitrogen and oxygen atoms in total. The first-order valence-electron chi connectivity index (χ1n) is 9.89. The summed E-state index contributed by atoms with van der Waals surface area (Å²) in [5, 5.41) is 14.8. The summed E-state index contributed by atoms with van der Waals surface area (Å²) in [5.74, 6) is 0.505. The Morgan fingerprint density at radius 1 is 1.23 bits per heavy atom. The van der Waals surface area contributed by atoms with Gasteiger partial charge in [-0.3, -0.25) is 14.7 Å². The van der Waals surface area contributed by atoms with Gasteiger partial charge in [-0.2, -0.15) is 5.10 Å². The topological polar surface area (TPSA) is 86.9 Å². The van der Waals surface area contributed by atoms with Gasteiger partial charge in [0.15, 0.2) is 11.6 Å². The molecule has 1 aliphatic rings. The number of amides is 1. The van der Waals surface area contributed by atoms with E-state index in [1.54, 1.807) is 12.1 Å². The smallest absolute Gasteiger partial charge is 0.229 e. The Morgan fingerprint density at radius 3 is 2.80 bits per heavy atom. The molecule has 1 saturated heterocycles. The molecule has 0 bridgehead atoms. The van der Waals surface area contributed by atoms with Gasteiger partial charge in [0.1, 0.15) is 0 Å². The van der Waals surface area contributed by atoms with Gasteiger partial charge in [-0.1, -0.05) is 24.6 Å². The first kappa shape index (κ1) is 22.3. The second-order valence-electron chi connectivity index (χ2n) is 7.34. The average Bonchev–Trinajstić information content (AvgIpc) is 3.16. The molecule has 0 radical (unpaired) electrons. The number of aromatic nitrogens is 2. The van der Waals surface area contributed by atoms with E-state index in [1.165, 1.54) is 0 Å². The zero-order valence-corrected chi connectivity index (χ0v) is 18.2. The van der Waals surface area contributed by atoms with Gasteiger partial charge in [-0.25, -0.2) is 0 Å². The monoisotopic (exact) mass is 446 g/mol. The van der Waals surface area contributed by atoms with Gasteiger partial charge in [0.05, 0.1) is 11.4 Å². The number of nitrogens with one attached hydrogen (secondary N) is 3. The largest absolute Gasteiger partial charge is 0.316 e. The van der Waals surface area contributed by atoms with E-state index < -0.39 is 0 Å². The van der Waals surface area contributed by atoms with Crippen LogP contribution in [0.3, 0.4) is 0 Å². The normalized spacial score (nSPS) is 16.1. The van der Waals surface area contributed by atoms with E-state index in [2.05, 4.69) is 20.8 Å². The van der Waals surface area contributed by atoms with Crippen molar-refractivity contribution in [2.24, 2.45) is 5.92 Å². The Hall–Kier alpha value is -2.41. The Balaban J connectivity index is 0.00000256. The van der Waals surface area contributed by atoms with Crippen molar-refractivity contribution in [2.75, 3.05) is 18.4 Å². The lowest BCUT2D eigenvalue weighted by Gasteiger charge is -2.21. The number of ketones is 1. The summed E-state index contributed by atoms with van der Waals surface area (Å²) >= 11 is 6.42. The van der Waals surface area contributed by atoms with Gasteiger partial charge in [-0.05, 0) is 55.3 Å². The molecule has 1 aromatic heterocycles. The molecule has 0 spiro atoms. The highest BCUT2D eigenvalue weighted by Gasteiger charge is 2.22. The number of aromatic amines is 1. The number of carbonyl (C=O) groups is 2. The number of halogens is 2. The number of carbonyl (C=O) groups excluding carboxylic acids is 2. The molecule has 1 fully saturated rings. The molecular weight excluding hydrogens is 423 g/mol. The van der Waals surface area contributed by atoms with Crippen LogP contribution in [0.25, 0.3) is 22.0 Å². The maximum atomic E-state index is 12.6. The molecule has 8 heteroatoms. The number of anilines is 1. The fraction of sp³-hybridized carbons (Fsp3) is 0.318. The molecule has 2 aromatic carbocycles. The summed E-state index contributed by atoms with van der Waals surface area (Å²) in [5.41, 5.74) is 3.10.